The quantitative estimate of drug-likeness (QED) is 0.764. The minimum Gasteiger partial charge on any atom is -0.478 e. The van der Waals surface area contributed by atoms with Gasteiger partial charge in [0.25, 0.3) is 0 Å². The number of carboxylic acids is 1. The van der Waals surface area contributed by atoms with Crippen LogP contribution in [0, 0.1) is 0 Å². The highest BCUT2D eigenvalue weighted by Crippen LogP contribution is 2.24. The number of hydrogen-bond donors (Lipinski definition) is 2. The number of aromatic nitrogens is 3. The van der Waals surface area contributed by atoms with Gasteiger partial charge in [-0.1, -0.05) is 31.2 Å². The molecule has 0 aliphatic rings. The lowest BCUT2D eigenvalue weighted by atomic mass is 10.1. The molecule has 1 aromatic carbocycles. The summed E-state index contributed by atoms with van der Waals surface area (Å²) >= 11 is 0. The van der Waals surface area contributed by atoms with Gasteiger partial charge < -0.3 is 10.1 Å². The van der Waals surface area contributed by atoms with Crippen LogP contribution >= 0.6 is 0 Å². The fraction of sp³-hybridized carbons (Fsp3) is 0.133. The SMILES string of the molecule is CCc1ccccc1-c1nc2nccc(C(=O)O)c2[nH]1. The van der Waals surface area contributed by atoms with Gasteiger partial charge in [-0.05, 0) is 18.1 Å². The molecule has 5 heteroatoms. The van der Waals surface area contributed by atoms with Crippen LogP contribution in [0.4, 0.5) is 0 Å². The zero-order valence-electron chi connectivity index (χ0n) is 10.9. The molecule has 2 N–H and O–H groups in total. The molecular formula is C15H13N3O2. The highest BCUT2D eigenvalue weighted by molar-refractivity contribution is 6.00. The van der Waals surface area contributed by atoms with Gasteiger partial charge in [0.05, 0.1) is 11.1 Å². The Kier molecular flexibility index (Phi) is 2.95. The monoisotopic (exact) mass is 267 g/mol. The van der Waals surface area contributed by atoms with Crippen LogP contribution in [0.2, 0.25) is 0 Å². The van der Waals surface area contributed by atoms with E-state index in [1.54, 1.807) is 0 Å². The van der Waals surface area contributed by atoms with Crippen LogP contribution in [0.1, 0.15) is 22.8 Å². The molecule has 2 aromatic heterocycles. The molecule has 0 saturated carbocycles. The van der Waals surface area contributed by atoms with Crippen molar-refractivity contribution in [2.24, 2.45) is 0 Å². The van der Waals surface area contributed by atoms with Crippen LogP contribution in [-0.4, -0.2) is 26.0 Å². The lowest BCUT2D eigenvalue weighted by Gasteiger charge is -2.03. The molecule has 20 heavy (non-hydrogen) atoms. The van der Waals surface area contributed by atoms with Crippen molar-refractivity contribution in [3.63, 3.8) is 0 Å². The summed E-state index contributed by atoms with van der Waals surface area (Å²) in [6.45, 7) is 2.07. The van der Waals surface area contributed by atoms with E-state index < -0.39 is 5.97 Å². The number of imidazole rings is 1. The van der Waals surface area contributed by atoms with E-state index in [9.17, 15) is 9.90 Å². The molecule has 2 heterocycles. The van der Waals surface area contributed by atoms with E-state index in [1.807, 2.05) is 24.3 Å². The van der Waals surface area contributed by atoms with Crippen molar-refractivity contribution in [2.45, 2.75) is 13.3 Å². The van der Waals surface area contributed by atoms with Crippen molar-refractivity contribution < 1.29 is 9.90 Å². The Balaban J connectivity index is 2.23. The smallest absolute Gasteiger partial charge is 0.338 e. The van der Waals surface area contributed by atoms with E-state index in [4.69, 9.17) is 0 Å². The summed E-state index contributed by atoms with van der Waals surface area (Å²) in [5.41, 5.74) is 3.20. The maximum atomic E-state index is 11.2. The number of pyridine rings is 1. The number of fused-ring (bicyclic) bond motifs is 1. The first-order valence-corrected chi connectivity index (χ1v) is 6.37. The Morgan fingerprint density at radius 1 is 1.30 bits per heavy atom. The number of nitrogens with zero attached hydrogens (tertiary/aromatic N) is 2. The van der Waals surface area contributed by atoms with Gasteiger partial charge in [0.2, 0.25) is 0 Å². The second-order valence-corrected chi connectivity index (χ2v) is 4.46. The van der Waals surface area contributed by atoms with Crippen LogP contribution in [0.15, 0.2) is 36.5 Å². The van der Waals surface area contributed by atoms with E-state index in [2.05, 4.69) is 21.9 Å². The summed E-state index contributed by atoms with van der Waals surface area (Å²) in [5.74, 6) is -0.338. The number of carbonyl (C=O) groups is 1. The highest BCUT2D eigenvalue weighted by Gasteiger charge is 2.15. The summed E-state index contributed by atoms with van der Waals surface area (Å²) in [4.78, 5) is 22.8. The standard InChI is InChI=1S/C15H13N3O2/c1-2-9-5-3-4-6-10(9)13-17-12-11(15(19)20)7-8-16-14(12)18-13/h3-8H,2H2,1H3,(H,19,20)(H,16,17,18). The minimum absolute atomic E-state index is 0.183. The molecule has 0 atom stereocenters. The average molecular weight is 267 g/mol. The predicted octanol–water partition coefficient (Wildman–Crippen LogP) is 2.89. The summed E-state index contributed by atoms with van der Waals surface area (Å²) in [6.07, 6.45) is 2.34. The predicted molar refractivity (Wildman–Crippen MR) is 75.7 cm³/mol. The zero-order chi connectivity index (χ0) is 14.1. The molecule has 0 aliphatic carbocycles. The van der Waals surface area contributed by atoms with Crippen molar-refractivity contribution in [1.29, 1.82) is 0 Å². The Labute approximate surface area is 115 Å². The number of rotatable bonds is 3. The van der Waals surface area contributed by atoms with Gasteiger partial charge in [0.15, 0.2) is 5.65 Å². The largest absolute Gasteiger partial charge is 0.478 e. The molecule has 0 radical (unpaired) electrons. The van der Waals surface area contributed by atoms with Gasteiger partial charge in [0, 0.05) is 11.8 Å². The van der Waals surface area contributed by atoms with Gasteiger partial charge in [-0.25, -0.2) is 14.8 Å². The van der Waals surface area contributed by atoms with Gasteiger partial charge in [-0.2, -0.15) is 0 Å². The third-order valence-electron chi connectivity index (χ3n) is 3.28. The molecule has 5 nitrogen and oxygen atoms in total. The molecule has 0 saturated heterocycles. The lowest BCUT2D eigenvalue weighted by molar-refractivity contribution is 0.0699. The molecule has 3 rings (SSSR count). The molecule has 0 unspecified atom stereocenters. The number of H-pyrrole nitrogens is 1. The van der Waals surface area contributed by atoms with Gasteiger partial charge in [-0.3, -0.25) is 0 Å². The molecular weight excluding hydrogens is 254 g/mol. The van der Waals surface area contributed by atoms with E-state index >= 15 is 0 Å². The number of aryl methyl sites for hydroxylation is 1. The van der Waals surface area contributed by atoms with Gasteiger partial charge in [-0.15, -0.1) is 0 Å². The fourth-order valence-electron chi connectivity index (χ4n) is 2.28. The first-order valence-electron chi connectivity index (χ1n) is 6.37. The van der Waals surface area contributed by atoms with Crippen LogP contribution in [-0.2, 0) is 6.42 Å². The second kappa shape index (κ2) is 4.77. The summed E-state index contributed by atoms with van der Waals surface area (Å²) in [7, 11) is 0. The molecule has 0 aliphatic heterocycles. The van der Waals surface area contributed by atoms with E-state index in [0.29, 0.717) is 17.0 Å². The van der Waals surface area contributed by atoms with Crippen molar-refractivity contribution in [1.82, 2.24) is 15.0 Å². The molecule has 100 valence electrons. The summed E-state index contributed by atoms with van der Waals surface area (Å²) < 4.78 is 0. The third kappa shape index (κ3) is 1.93. The first kappa shape index (κ1) is 12.3. The van der Waals surface area contributed by atoms with E-state index in [1.165, 1.54) is 12.3 Å². The van der Waals surface area contributed by atoms with Crippen molar-refractivity contribution in [3.05, 3.63) is 47.7 Å². The van der Waals surface area contributed by atoms with Crippen LogP contribution in [0.5, 0.6) is 0 Å². The van der Waals surface area contributed by atoms with E-state index in [-0.39, 0.29) is 5.56 Å². The average Bonchev–Trinajstić information content (AvgIpc) is 2.90. The Morgan fingerprint density at radius 3 is 2.85 bits per heavy atom. The molecule has 0 spiro atoms. The van der Waals surface area contributed by atoms with Crippen molar-refractivity contribution in [2.75, 3.05) is 0 Å². The number of aromatic amines is 1. The normalized spacial score (nSPS) is 10.8. The Hall–Kier alpha value is -2.69. The molecule has 3 aromatic rings. The number of aromatic carboxylic acids is 1. The minimum atomic E-state index is -0.989. The summed E-state index contributed by atoms with van der Waals surface area (Å²) in [5, 5.41) is 9.19. The van der Waals surface area contributed by atoms with Crippen molar-refractivity contribution >= 4 is 17.1 Å². The van der Waals surface area contributed by atoms with Crippen molar-refractivity contribution in [3.8, 4) is 11.4 Å². The van der Waals surface area contributed by atoms with Crippen LogP contribution < -0.4 is 0 Å². The summed E-state index contributed by atoms with van der Waals surface area (Å²) in [6, 6.07) is 9.39. The Morgan fingerprint density at radius 2 is 2.10 bits per heavy atom. The van der Waals surface area contributed by atoms with Gasteiger partial charge in [0.1, 0.15) is 5.82 Å². The number of hydrogen-bond acceptors (Lipinski definition) is 3. The topological polar surface area (TPSA) is 78.9 Å². The Bertz CT molecular complexity index is 793. The van der Waals surface area contributed by atoms with Gasteiger partial charge >= 0.3 is 5.97 Å². The second-order valence-electron chi connectivity index (χ2n) is 4.46. The maximum Gasteiger partial charge on any atom is 0.338 e. The van der Waals surface area contributed by atoms with Crippen LogP contribution in [0.25, 0.3) is 22.6 Å². The third-order valence-corrected chi connectivity index (χ3v) is 3.28. The lowest BCUT2D eigenvalue weighted by Crippen LogP contribution is -1.97. The molecule has 0 fully saturated rings. The number of nitrogens with one attached hydrogen (secondary N) is 1. The number of benzene rings is 1. The maximum absolute atomic E-state index is 11.2. The fourth-order valence-corrected chi connectivity index (χ4v) is 2.28. The number of carboxylic acid groups (broad SMARTS) is 1. The highest BCUT2D eigenvalue weighted by atomic mass is 16.4. The first-order chi connectivity index (χ1) is 9.70. The zero-order valence-corrected chi connectivity index (χ0v) is 10.9. The molecule has 0 bridgehead atoms. The van der Waals surface area contributed by atoms with E-state index in [0.717, 1.165) is 17.5 Å². The molecule has 0 amide bonds. The van der Waals surface area contributed by atoms with Crippen LogP contribution in [0.3, 0.4) is 0 Å².